The van der Waals surface area contributed by atoms with Crippen molar-refractivity contribution in [1.29, 1.82) is 0 Å². The van der Waals surface area contributed by atoms with Gasteiger partial charge in [-0.25, -0.2) is 14.2 Å². The lowest BCUT2D eigenvalue weighted by molar-refractivity contribution is -0.0155. The molecule has 1 aromatic carbocycles. The molecule has 2 aliphatic rings. The maximum absolute atomic E-state index is 13.5. The van der Waals surface area contributed by atoms with Crippen LogP contribution in [0, 0.1) is 18.7 Å². The molecule has 1 aliphatic carbocycles. The summed E-state index contributed by atoms with van der Waals surface area (Å²) in [6, 6.07) is 8.53. The zero-order chi connectivity index (χ0) is 20.2. The highest BCUT2D eigenvalue weighted by molar-refractivity contribution is 5.74. The van der Waals surface area contributed by atoms with Crippen LogP contribution in [0.1, 0.15) is 35.6 Å². The summed E-state index contributed by atoms with van der Waals surface area (Å²) in [4.78, 5) is 18.6. The fourth-order valence-corrected chi connectivity index (χ4v) is 3.32. The van der Waals surface area contributed by atoms with Crippen LogP contribution in [0.25, 0.3) is 0 Å². The van der Waals surface area contributed by atoms with Gasteiger partial charge in [0.15, 0.2) is 0 Å². The molecule has 2 fully saturated rings. The number of hydrogen-bond donors (Lipinski definition) is 1. The van der Waals surface area contributed by atoms with Gasteiger partial charge in [0, 0.05) is 25.4 Å². The molecule has 1 atom stereocenters. The minimum absolute atomic E-state index is 0.144. The Bertz CT molecular complexity index is 872. The highest BCUT2D eigenvalue weighted by Gasteiger charge is 2.26. The van der Waals surface area contributed by atoms with Crippen LogP contribution in [0.2, 0.25) is 0 Å². The average molecular weight is 399 g/mol. The predicted octanol–water partition coefficient (Wildman–Crippen LogP) is 3.60. The minimum atomic E-state index is -0.253. The molecule has 0 spiro atoms. The Morgan fingerprint density at radius 1 is 1.34 bits per heavy atom. The van der Waals surface area contributed by atoms with Crippen LogP contribution in [-0.2, 0) is 11.3 Å². The highest BCUT2D eigenvalue weighted by Crippen LogP contribution is 2.29. The van der Waals surface area contributed by atoms with E-state index in [1.165, 1.54) is 18.9 Å². The Morgan fingerprint density at radius 3 is 3.00 bits per heavy atom. The first-order valence-corrected chi connectivity index (χ1v) is 10.1. The lowest BCUT2D eigenvalue weighted by Gasteiger charge is -2.33. The van der Waals surface area contributed by atoms with Crippen LogP contribution in [0.4, 0.5) is 9.18 Å². The lowest BCUT2D eigenvalue weighted by atomic mass is 10.0. The van der Waals surface area contributed by atoms with E-state index in [2.05, 4.69) is 10.3 Å². The Kier molecular flexibility index (Phi) is 5.94. The van der Waals surface area contributed by atoms with E-state index in [0.717, 1.165) is 11.1 Å². The van der Waals surface area contributed by atoms with Gasteiger partial charge in [-0.05, 0) is 54.5 Å². The summed E-state index contributed by atoms with van der Waals surface area (Å²) < 4.78 is 25.0. The molecule has 1 saturated heterocycles. The summed E-state index contributed by atoms with van der Waals surface area (Å²) in [6.07, 6.45) is 3.91. The van der Waals surface area contributed by atoms with Gasteiger partial charge in [-0.3, -0.25) is 0 Å². The largest absolute Gasteiger partial charge is 0.477 e. The second kappa shape index (κ2) is 8.78. The fourth-order valence-electron chi connectivity index (χ4n) is 3.32. The van der Waals surface area contributed by atoms with Gasteiger partial charge in [-0.2, -0.15) is 0 Å². The van der Waals surface area contributed by atoms with Crippen molar-refractivity contribution in [3.8, 4) is 5.88 Å². The van der Waals surface area contributed by atoms with E-state index in [0.29, 0.717) is 50.2 Å². The average Bonchev–Trinajstić information content (AvgIpc) is 3.57. The monoisotopic (exact) mass is 399 g/mol. The number of carbonyl (C=O) groups is 1. The number of aryl methyl sites for hydroxylation is 1. The third-order valence-electron chi connectivity index (χ3n) is 5.31. The summed E-state index contributed by atoms with van der Waals surface area (Å²) in [5, 5.41) is 2.95. The van der Waals surface area contributed by atoms with E-state index >= 15 is 0 Å². The highest BCUT2D eigenvalue weighted by atomic mass is 19.1. The second-order valence-corrected chi connectivity index (χ2v) is 7.73. The van der Waals surface area contributed by atoms with E-state index < -0.39 is 0 Å². The number of morpholine rings is 1. The third kappa shape index (κ3) is 5.23. The number of pyridine rings is 1. The first-order chi connectivity index (χ1) is 14.1. The molecule has 29 heavy (non-hydrogen) atoms. The van der Waals surface area contributed by atoms with Gasteiger partial charge in [-0.1, -0.05) is 12.1 Å². The molecular weight excluding hydrogens is 373 g/mol. The number of urea groups is 1. The van der Waals surface area contributed by atoms with Crippen molar-refractivity contribution in [1.82, 2.24) is 15.2 Å². The van der Waals surface area contributed by atoms with Crippen LogP contribution >= 0.6 is 0 Å². The number of ether oxygens (including phenoxy) is 2. The summed E-state index contributed by atoms with van der Waals surface area (Å²) in [5.41, 5.74) is 2.40. The normalized spacial score (nSPS) is 19.1. The van der Waals surface area contributed by atoms with E-state index in [-0.39, 0.29) is 18.0 Å². The van der Waals surface area contributed by atoms with Gasteiger partial charge in [0.1, 0.15) is 11.9 Å². The number of benzene rings is 1. The maximum Gasteiger partial charge on any atom is 0.317 e. The van der Waals surface area contributed by atoms with Crippen molar-refractivity contribution in [2.75, 3.05) is 26.3 Å². The molecule has 1 N–H and O–H groups in total. The van der Waals surface area contributed by atoms with Crippen molar-refractivity contribution in [3.63, 3.8) is 0 Å². The van der Waals surface area contributed by atoms with E-state index in [1.807, 2.05) is 12.1 Å². The molecule has 6 nitrogen and oxygen atoms in total. The topological polar surface area (TPSA) is 63.7 Å². The van der Waals surface area contributed by atoms with Gasteiger partial charge < -0.3 is 19.7 Å². The standard InChI is InChI=1S/C22H26FN3O3/c1-15-10-18(4-5-19(15)23)20-13-26(8-9-28-20)22(27)25-12-17-6-7-24-21(11-17)29-14-16-2-3-16/h4-7,10-11,16,20H,2-3,8-9,12-14H2,1H3,(H,25,27). The number of aromatic nitrogens is 1. The van der Waals surface area contributed by atoms with Crippen molar-refractivity contribution in [3.05, 3.63) is 59.0 Å². The molecule has 1 saturated carbocycles. The van der Waals surface area contributed by atoms with Gasteiger partial charge in [-0.15, -0.1) is 0 Å². The Morgan fingerprint density at radius 2 is 2.21 bits per heavy atom. The molecular formula is C22H26FN3O3. The SMILES string of the molecule is Cc1cc(C2CN(C(=O)NCc3ccnc(OCC4CC4)c3)CCO2)ccc1F. The van der Waals surface area contributed by atoms with Crippen molar-refractivity contribution < 1.29 is 18.7 Å². The molecule has 0 bridgehead atoms. The van der Waals surface area contributed by atoms with E-state index in [9.17, 15) is 9.18 Å². The first-order valence-electron chi connectivity index (χ1n) is 10.1. The summed E-state index contributed by atoms with van der Waals surface area (Å²) in [5.74, 6) is 1.03. The molecule has 2 aromatic rings. The predicted molar refractivity (Wildman–Crippen MR) is 106 cm³/mol. The zero-order valence-electron chi connectivity index (χ0n) is 16.6. The number of halogens is 1. The van der Waals surface area contributed by atoms with Crippen molar-refractivity contribution in [2.45, 2.75) is 32.4 Å². The van der Waals surface area contributed by atoms with Crippen LogP contribution in [0.5, 0.6) is 5.88 Å². The first kappa shape index (κ1) is 19.6. The fraction of sp³-hybridized carbons (Fsp3) is 0.455. The number of hydrogen-bond acceptors (Lipinski definition) is 4. The number of nitrogens with zero attached hydrogens (tertiary/aromatic N) is 2. The molecule has 0 radical (unpaired) electrons. The lowest BCUT2D eigenvalue weighted by Crippen LogP contribution is -2.47. The van der Waals surface area contributed by atoms with Gasteiger partial charge in [0.2, 0.25) is 5.88 Å². The number of rotatable bonds is 6. The van der Waals surface area contributed by atoms with E-state index in [4.69, 9.17) is 9.47 Å². The number of amides is 2. The third-order valence-corrected chi connectivity index (χ3v) is 5.31. The van der Waals surface area contributed by atoms with Gasteiger partial charge in [0.25, 0.3) is 0 Å². The van der Waals surface area contributed by atoms with Gasteiger partial charge >= 0.3 is 6.03 Å². The maximum atomic E-state index is 13.5. The van der Waals surface area contributed by atoms with Crippen LogP contribution in [0.15, 0.2) is 36.5 Å². The Balaban J connectivity index is 1.31. The van der Waals surface area contributed by atoms with Crippen LogP contribution in [-0.4, -0.2) is 42.2 Å². The summed E-state index contributed by atoms with van der Waals surface area (Å²) >= 11 is 0. The molecule has 1 aromatic heterocycles. The quantitative estimate of drug-likeness (QED) is 0.806. The molecule has 4 rings (SSSR count). The molecule has 2 heterocycles. The molecule has 1 aliphatic heterocycles. The van der Waals surface area contributed by atoms with E-state index in [1.54, 1.807) is 30.2 Å². The Labute approximate surface area is 170 Å². The Hall–Kier alpha value is -2.67. The van der Waals surface area contributed by atoms with Crippen LogP contribution < -0.4 is 10.1 Å². The zero-order valence-corrected chi connectivity index (χ0v) is 16.6. The molecule has 154 valence electrons. The summed E-state index contributed by atoms with van der Waals surface area (Å²) in [6.45, 7) is 4.24. The second-order valence-electron chi connectivity index (χ2n) is 7.73. The smallest absolute Gasteiger partial charge is 0.317 e. The molecule has 7 heteroatoms. The van der Waals surface area contributed by atoms with Crippen molar-refractivity contribution in [2.24, 2.45) is 5.92 Å². The number of nitrogens with one attached hydrogen (secondary N) is 1. The van der Waals surface area contributed by atoms with Crippen molar-refractivity contribution >= 4 is 6.03 Å². The molecule has 2 amide bonds. The number of carbonyl (C=O) groups excluding carboxylic acids is 1. The summed E-state index contributed by atoms with van der Waals surface area (Å²) in [7, 11) is 0. The van der Waals surface area contributed by atoms with Gasteiger partial charge in [0.05, 0.1) is 19.8 Å². The molecule has 1 unspecified atom stereocenters. The minimum Gasteiger partial charge on any atom is -0.477 e. The van der Waals surface area contributed by atoms with Crippen LogP contribution in [0.3, 0.4) is 0 Å².